The number of pyridine rings is 4. The molecular weight excluding hydrogens is 1490 g/mol. The third kappa shape index (κ3) is 16.1. The number of piperidine rings is 12. The van der Waals surface area contributed by atoms with Crippen LogP contribution in [0, 0.1) is 61.2 Å². The summed E-state index contributed by atoms with van der Waals surface area (Å²) in [6.07, 6.45) is 22.7. The summed E-state index contributed by atoms with van der Waals surface area (Å²) in [4.78, 5) is 30.0. The zero-order valence-electron chi connectivity index (χ0n) is 70.2. The molecule has 12 aliphatic heterocycles. The molecule has 120 heavy (non-hydrogen) atoms. The summed E-state index contributed by atoms with van der Waals surface area (Å²) < 4.78 is 39.0. The number of hydrogen-bond acceptors (Lipinski definition) is 18. The number of aryl methyl sites for hydroxylation is 2. The molecule has 18 nitrogen and oxygen atoms in total. The Morgan fingerprint density at radius 1 is 0.325 bits per heavy atom. The lowest BCUT2D eigenvalue weighted by atomic mass is 9.70. The van der Waals surface area contributed by atoms with Gasteiger partial charge in [0.05, 0.1) is 84.3 Å². The van der Waals surface area contributed by atoms with Gasteiger partial charge in [-0.05, 0) is 270 Å². The number of methoxy groups -OCH3 is 2. The third-order valence-corrected chi connectivity index (χ3v) is 30.0. The molecule has 0 saturated carbocycles. The lowest BCUT2D eigenvalue weighted by Gasteiger charge is -2.52. The van der Waals surface area contributed by atoms with E-state index in [9.17, 15) is 0 Å². The van der Waals surface area contributed by atoms with E-state index in [1.54, 1.807) is 14.2 Å². The van der Waals surface area contributed by atoms with Crippen LogP contribution in [0.3, 0.4) is 0 Å². The highest BCUT2D eigenvalue weighted by Gasteiger charge is 2.48. The van der Waals surface area contributed by atoms with Crippen LogP contribution < -0.4 is 28.4 Å². The number of nitrogens with zero attached hydrogens (tertiary/aromatic N) is 12. The van der Waals surface area contributed by atoms with E-state index in [0.717, 1.165) is 152 Å². The second kappa shape index (κ2) is 36.1. The predicted molar refractivity (Wildman–Crippen MR) is 482 cm³/mol. The Labute approximate surface area is 709 Å². The summed E-state index contributed by atoms with van der Waals surface area (Å²) in [6, 6.07) is 52.6. The Bertz CT molecular complexity index is 5260. The van der Waals surface area contributed by atoms with Gasteiger partial charge in [0.1, 0.15) is 11.5 Å². The van der Waals surface area contributed by atoms with E-state index in [4.69, 9.17) is 68.8 Å². The van der Waals surface area contributed by atoms with Gasteiger partial charge in [0.25, 0.3) is 0 Å². The first-order valence-electron chi connectivity index (χ1n) is 44.5. The fourth-order valence-corrected chi connectivity index (χ4v) is 23.5. The zero-order valence-corrected chi connectivity index (χ0v) is 70.2. The molecule has 0 N–H and O–H groups in total. The average Bonchev–Trinajstić information content (AvgIpc) is 0.768. The van der Waals surface area contributed by atoms with Crippen molar-refractivity contribution in [2.45, 2.75) is 181 Å². The van der Waals surface area contributed by atoms with Crippen molar-refractivity contribution in [1.82, 2.24) is 59.9 Å². The molecular formula is C102H124N12O6. The summed E-state index contributed by atoms with van der Waals surface area (Å²) in [5.41, 5.74) is 11.6. The smallest absolute Gasteiger partial charge is 0.241 e. The minimum Gasteiger partial charge on any atom is -0.497 e. The van der Waals surface area contributed by atoms with Crippen molar-refractivity contribution in [3.8, 4) is 35.0 Å². The second-order valence-electron chi connectivity index (χ2n) is 35.9. The summed E-state index contributed by atoms with van der Waals surface area (Å²) >= 11 is 0. The van der Waals surface area contributed by atoms with Crippen molar-refractivity contribution < 1.29 is 28.4 Å². The van der Waals surface area contributed by atoms with Gasteiger partial charge in [0.15, 0.2) is 0 Å². The van der Waals surface area contributed by atoms with Gasteiger partial charge in [0, 0.05) is 120 Å². The molecule has 24 rings (SSSR count). The van der Waals surface area contributed by atoms with Gasteiger partial charge in [-0.15, -0.1) is 20.4 Å². The molecule has 0 aliphatic carbocycles. The van der Waals surface area contributed by atoms with Crippen LogP contribution in [0.5, 0.6) is 35.0 Å². The molecule has 20 atom stereocenters. The lowest BCUT2D eigenvalue weighted by molar-refractivity contribution is -0.0177. The van der Waals surface area contributed by atoms with Gasteiger partial charge in [0.2, 0.25) is 23.5 Å². The van der Waals surface area contributed by atoms with E-state index in [1.807, 2.05) is 36.9 Å². The zero-order chi connectivity index (χ0) is 80.1. The average molecular weight is 1610 g/mol. The second-order valence-corrected chi connectivity index (χ2v) is 35.9. The molecule has 6 aromatic heterocycles. The van der Waals surface area contributed by atoms with Crippen molar-refractivity contribution in [3.63, 3.8) is 0 Å². The SMILES string of the molecule is C.C.CCC1CN2CCC1CC2[C@@H](COc1nnc(OC[C@@H](c2ccnc3ccc(C)cc23)[C@H]2C[C@H]3CCN2C[C@@H]3CC)c2ccccc12)c1ccnc2ccc(OC)cc12.CCC1CN2CCC1CC2[C@H](COc1nnc(OC[C@H](c2ccnc3ccc(OC)cc23)[C@@H]2C[C@H]3CCN2CC3CC)c2ccccc12)c1ccnc2ccc(C)cc12. The third-order valence-electron chi connectivity index (χ3n) is 30.0. The number of fused-ring (bicyclic) bond motifs is 18. The Morgan fingerprint density at radius 2 is 0.583 bits per heavy atom. The van der Waals surface area contributed by atoms with Gasteiger partial charge in [-0.1, -0.05) is 116 Å². The maximum atomic E-state index is 6.90. The highest BCUT2D eigenvalue weighted by molar-refractivity contribution is 5.92. The Balaban J connectivity index is 0.000000168. The van der Waals surface area contributed by atoms with E-state index in [1.165, 1.54) is 134 Å². The van der Waals surface area contributed by atoms with Crippen molar-refractivity contribution in [2.75, 3.05) is 93.0 Å². The van der Waals surface area contributed by atoms with Crippen LogP contribution in [0.15, 0.2) is 170 Å². The summed E-state index contributed by atoms with van der Waals surface area (Å²) in [5.74, 6) is 10.5. The van der Waals surface area contributed by atoms with Crippen molar-refractivity contribution in [3.05, 3.63) is 204 Å². The van der Waals surface area contributed by atoms with Crippen LogP contribution in [0.25, 0.3) is 65.2 Å². The van der Waals surface area contributed by atoms with Crippen molar-refractivity contribution >= 4 is 65.2 Å². The molecule has 12 saturated heterocycles. The topological polar surface area (TPSA) is 171 Å². The number of hydrogen-bond donors (Lipinski definition) is 0. The molecule has 0 amide bonds. The molecule has 628 valence electrons. The summed E-state index contributed by atoms with van der Waals surface area (Å²) in [7, 11) is 3.46. The molecule has 12 aromatic rings. The fraction of sp³-hybridized carbons (Fsp3) is 0.490. The van der Waals surface area contributed by atoms with Crippen LogP contribution in [-0.2, 0) is 0 Å². The first-order chi connectivity index (χ1) is 58.0. The van der Waals surface area contributed by atoms with E-state index in [-0.39, 0.29) is 38.5 Å². The van der Waals surface area contributed by atoms with Gasteiger partial charge < -0.3 is 28.4 Å². The predicted octanol–water partition coefficient (Wildman–Crippen LogP) is 20.5. The molecule has 8 bridgehead atoms. The number of ether oxygens (including phenoxy) is 6. The molecule has 18 heteroatoms. The lowest BCUT2D eigenvalue weighted by Crippen LogP contribution is -2.55. The van der Waals surface area contributed by atoms with E-state index in [2.05, 4.69) is 195 Å². The normalized spacial score (nSPS) is 26.8. The van der Waals surface area contributed by atoms with Gasteiger partial charge in [-0.2, -0.15) is 0 Å². The Morgan fingerprint density at radius 3 is 0.825 bits per heavy atom. The van der Waals surface area contributed by atoms with Crippen molar-refractivity contribution in [1.29, 1.82) is 0 Å². The Kier molecular flexibility index (Phi) is 24.9. The minimum absolute atomic E-state index is 0. The molecule has 12 fully saturated rings. The first-order valence-corrected chi connectivity index (χ1v) is 44.5. The monoisotopic (exact) mass is 1610 g/mol. The summed E-state index contributed by atoms with van der Waals surface area (Å²) in [5, 5.41) is 27.6. The summed E-state index contributed by atoms with van der Waals surface area (Å²) in [6.45, 7) is 24.9. The fourth-order valence-electron chi connectivity index (χ4n) is 23.5. The molecule has 18 heterocycles. The van der Waals surface area contributed by atoms with Gasteiger partial charge in [-0.3, -0.25) is 39.5 Å². The molecule has 0 spiro atoms. The Hall–Kier alpha value is -9.72. The van der Waals surface area contributed by atoms with E-state index in [0.29, 0.717) is 74.1 Å². The molecule has 0 radical (unpaired) electrons. The van der Waals surface area contributed by atoms with Crippen molar-refractivity contribution in [2.24, 2.45) is 47.3 Å². The highest BCUT2D eigenvalue weighted by atomic mass is 16.5. The number of aromatic nitrogens is 8. The number of benzene rings is 6. The van der Waals surface area contributed by atoms with Gasteiger partial charge in [-0.25, -0.2) is 0 Å². The molecule has 11 unspecified atom stereocenters. The van der Waals surface area contributed by atoms with Crippen LogP contribution >= 0.6 is 0 Å². The van der Waals surface area contributed by atoms with Crippen LogP contribution in [0.2, 0.25) is 0 Å². The molecule has 12 aliphatic rings. The number of rotatable bonds is 26. The van der Waals surface area contributed by atoms with Gasteiger partial charge >= 0.3 is 0 Å². The van der Waals surface area contributed by atoms with Crippen LogP contribution in [0.1, 0.15) is 177 Å². The standard InChI is InChI=1S/2C50H58N6O3.2CH4/c2*1-5-32-27-55-21-17-34(32)24-47(55)43(37-15-19-51-45-13-11-31(3)23-41(37)45)29-58-49-39-9-7-8-10-40(39)50(54-53-49)59-30-44(48-25-35-18-22-56(48)28-33(35)6-2)38-16-20-52-46-14-12-36(57-4)26-42(38)46;;/h2*7-16,19-20,23,26,32-35,43-44,47-48H,5-6,17-18,21-22,24-25,27-30H2,1-4H3;2*1H4/t32?,33?,34?,35-,43-,44-,47?,48+;32-,33?,34+,35?,43-,44-,47+,48?;;/m10../s1. The van der Waals surface area contributed by atoms with E-state index >= 15 is 0 Å². The quantitative estimate of drug-likeness (QED) is 0.0501. The maximum absolute atomic E-state index is 6.90. The maximum Gasteiger partial charge on any atom is 0.241 e. The first kappa shape index (κ1) is 82.6. The van der Waals surface area contributed by atoms with E-state index < -0.39 is 0 Å². The van der Waals surface area contributed by atoms with Crippen LogP contribution in [0.4, 0.5) is 0 Å². The molecule has 6 aromatic carbocycles. The minimum atomic E-state index is 0. The highest BCUT2D eigenvalue weighted by Crippen LogP contribution is 2.50. The largest absolute Gasteiger partial charge is 0.497 e. The van der Waals surface area contributed by atoms with Crippen LogP contribution in [-0.4, -0.2) is 177 Å².